The number of amides is 1. The molecule has 4 nitrogen and oxygen atoms in total. The van der Waals surface area contributed by atoms with Crippen molar-refractivity contribution < 1.29 is 4.79 Å². The van der Waals surface area contributed by atoms with Crippen LogP contribution in [0, 0.1) is 12.3 Å². The van der Waals surface area contributed by atoms with E-state index >= 15 is 0 Å². The van der Waals surface area contributed by atoms with Gasteiger partial charge in [0, 0.05) is 19.1 Å². The van der Waals surface area contributed by atoms with Gasteiger partial charge in [0.25, 0.3) is 0 Å². The van der Waals surface area contributed by atoms with E-state index in [1.54, 1.807) is 0 Å². The third-order valence-corrected chi connectivity index (χ3v) is 1.31. The zero-order chi connectivity index (χ0) is 9.84. The van der Waals surface area contributed by atoms with Gasteiger partial charge in [0.15, 0.2) is 5.43 Å². The smallest absolute Gasteiger partial charge is 0.222 e. The molecule has 1 rings (SSSR count). The molecule has 4 heteroatoms. The van der Waals surface area contributed by atoms with Crippen molar-refractivity contribution in [1.82, 2.24) is 4.98 Å². The van der Waals surface area contributed by atoms with E-state index in [0.717, 1.165) is 0 Å². The van der Waals surface area contributed by atoms with Crippen molar-refractivity contribution in [3.63, 3.8) is 0 Å². The van der Waals surface area contributed by atoms with Crippen LogP contribution in [-0.2, 0) is 4.79 Å². The van der Waals surface area contributed by atoms with Crippen LogP contribution in [0.1, 0.15) is 12.6 Å². The minimum Gasteiger partial charge on any atom is -0.335 e. The Bertz CT molecular complexity index is 426. The van der Waals surface area contributed by atoms with Crippen LogP contribution in [0.4, 0.5) is 5.82 Å². The van der Waals surface area contributed by atoms with Crippen LogP contribution in [0.2, 0.25) is 0 Å². The topological polar surface area (TPSA) is 62.0 Å². The normalized spacial score (nSPS) is 8.92. The molecule has 0 aliphatic rings. The molecule has 1 aromatic heterocycles. The van der Waals surface area contributed by atoms with Gasteiger partial charge in [-0.3, -0.25) is 9.59 Å². The lowest BCUT2D eigenvalue weighted by molar-refractivity contribution is -0.114. The molecular formula is C9H8N2O2. The average molecular weight is 176 g/mol. The summed E-state index contributed by atoms with van der Waals surface area (Å²) in [5.74, 6) is 2.33. The summed E-state index contributed by atoms with van der Waals surface area (Å²) < 4.78 is 0. The summed E-state index contributed by atoms with van der Waals surface area (Å²) in [6.45, 7) is 1.35. The van der Waals surface area contributed by atoms with Crippen molar-refractivity contribution in [3.05, 3.63) is 28.0 Å². The summed E-state index contributed by atoms with van der Waals surface area (Å²) in [6.07, 6.45) is 5.09. The number of carbonyl (C=O) groups is 1. The molecule has 0 saturated heterocycles. The number of hydrogen-bond donors (Lipinski definition) is 2. The lowest BCUT2D eigenvalue weighted by atomic mass is 10.3. The van der Waals surface area contributed by atoms with E-state index in [-0.39, 0.29) is 11.3 Å². The van der Waals surface area contributed by atoms with Gasteiger partial charge in [0.2, 0.25) is 5.91 Å². The van der Waals surface area contributed by atoms with Gasteiger partial charge in [-0.15, -0.1) is 6.42 Å². The standard InChI is InChI=1S/C9H8N2O2/c1-3-7-4-8(13)5-9(11-7)10-6(2)12/h1,4-5H,2H3,(H2,10,11,12,13). The van der Waals surface area contributed by atoms with Crippen LogP contribution in [-0.4, -0.2) is 10.9 Å². The maximum atomic E-state index is 11.0. The minimum absolute atomic E-state index is 0.240. The van der Waals surface area contributed by atoms with E-state index in [0.29, 0.717) is 11.5 Å². The van der Waals surface area contributed by atoms with Gasteiger partial charge in [0.1, 0.15) is 5.82 Å². The minimum atomic E-state index is -0.259. The van der Waals surface area contributed by atoms with Crippen molar-refractivity contribution in [2.75, 3.05) is 5.32 Å². The first-order chi connectivity index (χ1) is 6.11. The highest BCUT2D eigenvalue weighted by atomic mass is 16.1. The van der Waals surface area contributed by atoms with E-state index in [2.05, 4.69) is 16.2 Å². The Morgan fingerprint density at radius 2 is 2.31 bits per heavy atom. The summed E-state index contributed by atoms with van der Waals surface area (Å²) in [5, 5.41) is 2.43. The number of aromatic amines is 1. The summed E-state index contributed by atoms with van der Waals surface area (Å²) in [6, 6.07) is 2.55. The van der Waals surface area contributed by atoms with Crippen molar-refractivity contribution in [2.24, 2.45) is 0 Å². The summed E-state index contributed by atoms with van der Waals surface area (Å²) >= 11 is 0. The zero-order valence-electron chi connectivity index (χ0n) is 7.05. The number of nitrogens with one attached hydrogen (secondary N) is 2. The fourth-order valence-electron chi connectivity index (χ4n) is 0.878. The SMILES string of the molecule is C#Cc1cc(=O)cc(NC(C)=O)[nH]1. The van der Waals surface area contributed by atoms with Crippen molar-refractivity contribution in [2.45, 2.75) is 6.92 Å². The maximum Gasteiger partial charge on any atom is 0.222 e. The number of H-pyrrole nitrogens is 1. The van der Waals surface area contributed by atoms with Crippen LogP contribution in [0.5, 0.6) is 0 Å². The summed E-state index contributed by atoms with van der Waals surface area (Å²) in [5.41, 5.74) is 0.103. The molecule has 1 heterocycles. The fourth-order valence-corrected chi connectivity index (χ4v) is 0.878. The molecule has 0 aromatic carbocycles. The van der Waals surface area contributed by atoms with Gasteiger partial charge in [-0.1, -0.05) is 5.92 Å². The first kappa shape index (κ1) is 9.07. The Hall–Kier alpha value is -2.02. The number of anilines is 1. The van der Waals surface area contributed by atoms with Gasteiger partial charge in [-0.2, -0.15) is 0 Å². The quantitative estimate of drug-likeness (QED) is 0.605. The van der Waals surface area contributed by atoms with Crippen molar-refractivity contribution in [1.29, 1.82) is 0 Å². The van der Waals surface area contributed by atoms with Crippen LogP contribution >= 0.6 is 0 Å². The Morgan fingerprint density at radius 1 is 1.62 bits per heavy atom. The van der Waals surface area contributed by atoms with Crippen LogP contribution in [0.25, 0.3) is 0 Å². The van der Waals surface area contributed by atoms with Crippen molar-refractivity contribution in [3.8, 4) is 12.3 Å². The van der Waals surface area contributed by atoms with Gasteiger partial charge in [-0.25, -0.2) is 0 Å². The molecule has 0 bridgehead atoms. The van der Waals surface area contributed by atoms with E-state index in [1.165, 1.54) is 19.1 Å². The Labute approximate surface area is 75.0 Å². The first-order valence-electron chi connectivity index (χ1n) is 3.60. The van der Waals surface area contributed by atoms with E-state index in [4.69, 9.17) is 6.42 Å². The predicted molar refractivity (Wildman–Crippen MR) is 49.3 cm³/mol. The number of rotatable bonds is 1. The third kappa shape index (κ3) is 2.49. The van der Waals surface area contributed by atoms with Crippen LogP contribution in [0.3, 0.4) is 0 Å². The summed E-state index contributed by atoms with van der Waals surface area (Å²) in [7, 11) is 0. The monoisotopic (exact) mass is 176 g/mol. The highest BCUT2D eigenvalue weighted by Crippen LogP contribution is 1.99. The second-order valence-electron chi connectivity index (χ2n) is 2.47. The molecule has 0 spiro atoms. The van der Waals surface area contributed by atoms with Gasteiger partial charge >= 0.3 is 0 Å². The molecule has 0 fully saturated rings. The van der Waals surface area contributed by atoms with Gasteiger partial charge in [-0.05, 0) is 0 Å². The maximum absolute atomic E-state index is 11.0. The number of aromatic nitrogens is 1. The number of hydrogen-bond acceptors (Lipinski definition) is 2. The third-order valence-electron chi connectivity index (χ3n) is 1.31. The highest BCUT2D eigenvalue weighted by Gasteiger charge is 1.98. The zero-order valence-corrected chi connectivity index (χ0v) is 7.05. The molecule has 13 heavy (non-hydrogen) atoms. The molecular weight excluding hydrogens is 168 g/mol. The average Bonchev–Trinajstić information content (AvgIpc) is 2.01. The first-order valence-corrected chi connectivity index (χ1v) is 3.60. The molecule has 1 amide bonds. The van der Waals surface area contributed by atoms with Crippen molar-refractivity contribution >= 4 is 11.7 Å². The highest BCUT2D eigenvalue weighted by molar-refractivity contribution is 5.87. The molecule has 0 aliphatic carbocycles. The Balaban J connectivity index is 3.10. The molecule has 2 N–H and O–H groups in total. The summed E-state index contributed by atoms with van der Waals surface area (Å²) in [4.78, 5) is 24.3. The Morgan fingerprint density at radius 3 is 2.85 bits per heavy atom. The second-order valence-corrected chi connectivity index (χ2v) is 2.47. The lowest BCUT2D eigenvalue weighted by Crippen LogP contribution is -2.11. The second kappa shape index (κ2) is 3.59. The number of pyridine rings is 1. The number of terminal acetylenes is 1. The van der Waals surface area contributed by atoms with E-state index in [1.807, 2.05) is 0 Å². The molecule has 0 atom stereocenters. The Kier molecular flexibility index (Phi) is 2.50. The molecule has 0 radical (unpaired) electrons. The fraction of sp³-hybridized carbons (Fsp3) is 0.111. The van der Waals surface area contributed by atoms with E-state index in [9.17, 15) is 9.59 Å². The predicted octanol–water partition coefficient (Wildman–Crippen LogP) is 0.315. The number of carbonyl (C=O) groups excluding carboxylic acids is 1. The molecule has 66 valence electrons. The van der Waals surface area contributed by atoms with Gasteiger partial charge in [0.05, 0.1) is 5.69 Å². The van der Waals surface area contributed by atoms with Gasteiger partial charge < -0.3 is 10.3 Å². The van der Waals surface area contributed by atoms with Crippen LogP contribution in [0.15, 0.2) is 16.9 Å². The molecule has 0 unspecified atom stereocenters. The molecule has 0 saturated carbocycles. The lowest BCUT2D eigenvalue weighted by Gasteiger charge is -2.01. The van der Waals surface area contributed by atoms with Crippen LogP contribution < -0.4 is 10.7 Å². The van der Waals surface area contributed by atoms with E-state index < -0.39 is 0 Å². The molecule has 0 aliphatic heterocycles. The largest absolute Gasteiger partial charge is 0.335 e. The molecule has 1 aromatic rings.